The molecule has 0 atom stereocenters. The third-order valence-corrected chi connectivity index (χ3v) is 3.63. The number of benzene rings is 1. The number of hydrogen-bond donors (Lipinski definition) is 1. The molecule has 118 valence electrons. The third-order valence-electron chi connectivity index (χ3n) is 3.31. The Balaban J connectivity index is 1.99. The summed E-state index contributed by atoms with van der Waals surface area (Å²) < 4.78 is 13.3. The molecule has 1 heterocycles. The Bertz CT molecular complexity index is 676. The number of carbonyl (C=O) groups excluding carboxylic acids is 1. The van der Waals surface area contributed by atoms with Crippen LogP contribution in [0, 0.1) is 5.82 Å². The van der Waals surface area contributed by atoms with E-state index in [1.807, 2.05) is 19.0 Å². The first kappa shape index (κ1) is 16.6. The molecule has 1 aromatic heterocycles. The molecule has 0 aliphatic heterocycles. The summed E-state index contributed by atoms with van der Waals surface area (Å²) >= 11 is 6.13. The van der Waals surface area contributed by atoms with Gasteiger partial charge >= 0.3 is 0 Å². The molecule has 6 heteroatoms. The molecule has 1 amide bonds. The van der Waals surface area contributed by atoms with E-state index in [0.29, 0.717) is 35.4 Å². The maximum atomic E-state index is 13.3. The fourth-order valence-electron chi connectivity index (χ4n) is 2.10. The second-order valence-corrected chi connectivity index (χ2v) is 5.79. The lowest BCUT2D eigenvalue weighted by molar-refractivity contribution is -0.121. The molecule has 1 N–H and O–H groups in total. The number of amides is 1. The van der Waals surface area contributed by atoms with Crippen LogP contribution < -0.4 is 5.32 Å². The fourth-order valence-corrected chi connectivity index (χ4v) is 2.34. The Morgan fingerprint density at radius 3 is 2.86 bits per heavy atom. The molecule has 0 aliphatic rings. The van der Waals surface area contributed by atoms with Crippen molar-refractivity contribution in [2.45, 2.75) is 12.8 Å². The molecule has 0 saturated carbocycles. The number of nitrogens with zero attached hydrogens (tertiary/aromatic N) is 2. The zero-order chi connectivity index (χ0) is 16.1. The van der Waals surface area contributed by atoms with Crippen LogP contribution >= 0.6 is 11.6 Å². The number of fused-ring (bicyclic) bond motifs is 1. The topological polar surface area (TPSA) is 45.2 Å². The molecule has 22 heavy (non-hydrogen) atoms. The second-order valence-electron chi connectivity index (χ2n) is 5.43. The zero-order valence-electron chi connectivity index (χ0n) is 12.7. The molecular formula is C16H19ClFN3O. The molecule has 2 rings (SSSR count). The van der Waals surface area contributed by atoms with Crippen molar-refractivity contribution >= 4 is 28.4 Å². The van der Waals surface area contributed by atoms with Crippen LogP contribution in [0.4, 0.5) is 4.39 Å². The molecule has 1 aromatic carbocycles. The lowest BCUT2D eigenvalue weighted by atomic mass is 10.1. The smallest absolute Gasteiger partial charge is 0.220 e. The van der Waals surface area contributed by atoms with Gasteiger partial charge in [-0.15, -0.1) is 0 Å². The van der Waals surface area contributed by atoms with Gasteiger partial charge in [-0.25, -0.2) is 9.37 Å². The van der Waals surface area contributed by atoms with Crippen LogP contribution in [0.2, 0.25) is 5.15 Å². The van der Waals surface area contributed by atoms with Gasteiger partial charge < -0.3 is 10.2 Å². The van der Waals surface area contributed by atoms with Crippen molar-refractivity contribution in [3.8, 4) is 0 Å². The lowest BCUT2D eigenvalue weighted by Gasteiger charge is -2.10. The Morgan fingerprint density at radius 2 is 2.14 bits per heavy atom. The van der Waals surface area contributed by atoms with E-state index in [0.717, 1.165) is 12.1 Å². The van der Waals surface area contributed by atoms with E-state index in [2.05, 4.69) is 10.3 Å². The number of rotatable bonds is 6. The van der Waals surface area contributed by atoms with Gasteiger partial charge in [0.15, 0.2) is 0 Å². The normalized spacial score (nSPS) is 11.1. The van der Waals surface area contributed by atoms with Crippen LogP contribution in [-0.2, 0) is 11.2 Å². The predicted octanol–water partition coefficient (Wildman–Crippen LogP) is 2.64. The van der Waals surface area contributed by atoms with Gasteiger partial charge in [0, 0.05) is 24.9 Å². The average molecular weight is 324 g/mol. The van der Waals surface area contributed by atoms with Crippen LogP contribution in [0.5, 0.6) is 0 Å². The Labute approximate surface area is 134 Å². The molecule has 0 spiro atoms. The van der Waals surface area contributed by atoms with Crippen molar-refractivity contribution < 1.29 is 9.18 Å². The third kappa shape index (κ3) is 4.64. The highest BCUT2D eigenvalue weighted by atomic mass is 35.5. The first-order valence-corrected chi connectivity index (χ1v) is 7.49. The zero-order valence-corrected chi connectivity index (χ0v) is 13.5. The standard InChI is InChI=1S/C16H19ClFN3O/c1-21(2)8-7-19-15(22)6-3-11-9-12-10-13(18)4-5-14(12)20-16(11)17/h4-5,9-10H,3,6-8H2,1-2H3,(H,19,22). The summed E-state index contributed by atoms with van der Waals surface area (Å²) in [4.78, 5) is 18.0. The van der Waals surface area contributed by atoms with Crippen LogP contribution in [0.25, 0.3) is 10.9 Å². The summed E-state index contributed by atoms with van der Waals surface area (Å²) in [5, 5.41) is 3.89. The largest absolute Gasteiger partial charge is 0.355 e. The average Bonchev–Trinajstić information content (AvgIpc) is 2.45. The van der Waals surface area contributed by atoms with Crippen LogP contribution in [0.3, 0.4) is 0 Å². The number of nitrogens with one attached hydrogen (secondary N) is 1. The number of pyridine rings is 1. The van der Waals surface area contributed by atoms with Crippen LogP contribution in [-0.4, -0.2) is 43.0 Å². The number of hydrogen-bond acceptors (Lipinski definition) is 3. The van der Waals surface area contributed by atoms with Crippen LogP contribution in [0.15, 0.2) is 24.3 Å². The van der Waals surface area contributed by atoms with E-state index < -0.39 is 0 Å². The first-order valence-electron chi connectivity index (χ1n) is 7.12. The predicted molar refractivity (Wildman–Crippen MR) is 86.6 cm³/mol. The summed E-state index contributed by atoms with van der Waals surface area (Å²) in [6, 6.07) is 6.15. The van der Waals surface area contributed by atoms with Crippen molar-refractivity contribution in [1.82, 2.24) is 15.2 Å². The van der Waals surface area contributed by atoms with Gasteiger partial charge in [-0.1, -0.05) is 11.6 Å². The van der Waals surface area contributed by atoms with Crippen molar-refractivity contribution in [2.24, 2.45) is 0 Å². The maximum absolute atomic E-state index is 13.3. The van der Waals surface area contributed by atoms with Gasteiger partial charge in [0.05, 0.1) is 5.52 Å². The van der Waals surface area contributed by atoms with Crippen molar-refractivity contribution in [3.63, 3.8) is 0 Å². The summed E-state index contributed by atoms with van der Waals surface area (Å²) in [7, 11) is 3.90. The van der Waals surface area contributed by atoms with E-state index in [1.54, 1.807) is 12.1 Å². The molecule has 4 nitrogen and oxygen atoms in total. The highest BCUT2D eigenvalue weighted by molar-refractivity contribution is 6.30. The van der Waals surface area contributed by atoms with Gasteiger partial charge in [0.2, 0.25) is 5.91 Å². The molecule has 2 aromatic rings. The van der Waals surface area contributed by atoms with Crippen molar-refractivity contribution in [1.29, 1.82) is 0 Å². The highest BCUT2D eigenvalue weighted by Gasteiger charge is 2.08. The van der Waals surface area contributed by atoms with Gasteiger partial charge in [0.1, 0.15) is 11.0 Å². The fraction of sp³-hybridized carbons (Fsp3) is 0.375. The lowest BCUT2D eigenvalue weighted by Crippen LogP contribution is -2.31. The summed E-state index contributed by atoms with van der Waals surface area (Å²) in [5.74, 6) is -0.346. The minimum atomic E-state index is -0.316. The Hall–Kier alpha value is -1.72. The van der Waals surface area contributed by atoms with Gasteiger partial charge in [-0.2, -0.15) is 0 Å². The van der Waals surface area contributed by atoms with Crippen molar-refractivity contribution in [3.05, 3.63) is 40.8 Å². The number of likely N-dealkylation sites (N-methyl/N-ethyl adjacent to an activating group) is 1. The highest BCUT2D eigenvalue weighted by Crippen LogP contribution is 2.22. The Kier molecular flexibility index (Phi) is 5.69. The molecule has 0 saturated heterocycles. The molecule has 0 fully saturated rings. The van der Waals surface area contributed by atoms with Crippen LogP contribution in [0.1, 0.15) is 12.0 Å². The van der Waals surface area contributed by atoms with Crippen molar-refractivity contribution in [2.75, 3.05) is 27.2 Å². The molecular weight excluding hydrogens is 305 g/mol. The van der Waals surface area contributed by atoms with E-state index in [1.165, 1.54) is 12.1 Å². The van der Waals surface area contributed by atoms with Gasteiger partial charge in [-0.3, -0.25) is 4.79 Å². The maximum Gasteiger partial charge on any atom is 0.220 e. The number of halogens is 2. The molecule has 0 radical (unpaired) electrons. The number of aromatic nitrogens is 1. The van der Waals surface area contributed by atoms with Gasteiger partial charge in [0.25, 0.3) is 0 Å². The van der Waals surface area contributed by atoms with E-state index in [-0.39, 0.29) is 11.7 Å². The minimum Gasteiger partial charge on any atom is -0.355 e. The second kappa shape index (κ2) is 7.51. The summed E-state index contributed by atoms with van der Waals surface area (Å²) in [6.45, 7) is 1.41. The minimum absolute atomic E-state index is 0.0303. The number of carbonyl (C=O) groups is 1. The molecule has 0 bridgehead atoms. The SMILES string of the molecule is CN(C)CCNC(=O)CCc1cc2cc(F)ccc2nc1Cl. The molecule has 0 aliphatic carbocycles. The summed E-state index contributed by atoms with van der Waals surface area (Å²) in [5.41, 5.74) is 1.40. The quantitative estimate of drug-likeness (QED) is 0.831. The van der Waals surface area contributed by atoms with Gasteiger partial charge in [-0.05, 0) is 50.3 Å². The Morgan fingerprint density at radius 1 is 1.36 bits per heavy atom. The van der Waals surface area contributed by atoms with E-state index in [9.17, 15) is 9.18 Å². The van der Waals surface area contributed by atoms with E-state index in [4.69, 9.17) is 11.6 Å². The monoisotopic (exact) mass is 323 g/mol. The number of aryl methyl sites for hydroxylation is 1. The summed E-state index contributed by atoms with van der Waals surface area (Å²) in [6.07, 6.45) is 0.807. The first-order chi connectivity index (χ1) is 10.5. The van der Waals surface area contributed by atoms with E-state index >= 15 is 0 Å². The molecule has 0 unspecified atom stereocenters.